The number of carbonyl (C=O) groups is 4. The lowest BCUT2D eigenvalue weighted by atomic mass is 9.99. The first-order valence-electron chi connectivity index (χ1n) is 17.0. The van der Waals surface area contributed by atoms with E-state index in [4.69, 9.17) is 10.6 Å². The van der Waals surface area contributed by atoms with Gasteiger partial charge in [-0.1, -0.05) is 5.16 Å². The molecule has 7 N–H and O–H groups in total. The fraction of sp³-hybridized carbons (Fsp3) is 0.441. The van der Waals surface area contributed by atoms with Crippen LogP contribution in [0.5, 0.6) is 11.5 Å². The van der Waals surface area contributed by atoms with Crippen LogP contribution >= 0.6 is 23.1 Å². The second-order valence-corrected chi connectivity index (χ2v) is 16.3. The summed E-state index contributed by atoms with van der Waals surface area (Å²) in [4.78, 5) is 75.8. The Bertz CT molecular complexity index is 2210. The molecule has 1 aromatic carbocycles. The number of phenolic OH excluding ortho intramolecular Hbond substituents is 2. The number of carboxylic acid groups (broad SMARTS) is 2. The van der Waals surface area contributed by atoms with E-state index in [9.17, 15) is 44.4 Å². The summed E-state index contributed by atoms with van der Waals surface area (Å²) in [6.07, 6.45) is 3.14. The molecule has 0 aliphatic carbocycles. The number of benzene rings is 1. The van der Waals surface area contributed by atoms with Crippen molar-refractivity contribution in [2.75, 3.05) is 25.4 Å². The SMILES string of the molecule is CCn1cc(C[N+]2(CC3=C(C(=O)O)N4C(=O)[C@@H](NC(=O)C(=NOC(C)(C)C(=O)O)c5csc(N)n5)[C@H]4S[C@H]3C)CCCC2)c(=O)c2c(F)c(O)c(O)cc21. The predicted octanol–water partition coefficient (Wildman–Crippen LogP) is 2.13. The zero-order valence-corrected chi connectivity index (χ0v) is 31.3. The van der Waals surface area contributed by atoms with Crippen molar-refractivity contribution in [1.82, 2.24) is 19.8 Å². The maximum Gasteiger partial charge on any atom is 0.352 e. The number of aromatic nitrogens is 2. The number of aromatic hydroxyl groups is 2. The number of fused-ring (bicyclic) bond motifs is 2. The molecule has 5 heterocycles. The number of aryl methyl sites for hydroxylation is 1. The number of hydrogen-bond donors (Lipinski definition) is 6. The minimum absolute atomic E-state index is 0.0210. The zero-order valence-electron chi connectivity index (χ0n) is 29.7. The number of hydrogen-bond acceptors (Lipinski definition) is 13. The number of nitrogen functional groups attached to an aromatic ring is 1. The lowest BCUT2D eigenvalue weighted by Crippen LogP contribution is -2.71. The fourth-order valence-electron chi connectivity index (χ4n) is 7.07. The lowest BCUT2D eigenvalue weighted by molar-refractivity contribution is -0.925. The Kier molecular flexibility index (Phi) is 10.1. The minimum Gasteiger partial charge on any atom is -0.504 e. The Morgan fingerprint density at radius 1 is 1.19 bits per heavy atom. The van der Waals surface area contributed by atoms with Gasteiger partial charge in [0.2, 0.25) is 11.0 Å². The summed E-state index contributed by atoms with van der Waals surface area (Å²) in [7, 11) is 0. The highest BCUT2D eigenvalue weighted by atomic mass is 32.2. The van der Waals surface area contributed by atoms with Crippen LogP contribution < -0.4 is 16.5 Å². The first-order valence-corrected chi connectivity index (χ1v) is 18.8. The van der Waals surface area contributed by atoms with Crippen LogP contribution in [0.15, 0.2) is 38.9 Å². The number of nitrogens with two attached hydrogens (primary N) is 1. The molecule has 2 fully saturated rings. The second kappa shape index (κ2) is 14.2. The Morgan fingerprint density at radius 2 is 1.87 bits per heavy atom. The molecule has 0 spiro atoms. The third-order valence-corrected chi connectivity index (χ3v) is 12.1. The van der Waals surface area contributed by atoms with Gasteiger partial charge in [-0.15, -0.1) is 23.1 Å². The molecule has 3 atom stereocenters. The van der Waals surface area contributed by atoms with Crippen LogP contribution in [0.3, 0.4) is 0 Å². The highest BCUT2D eigenvalue weighted by molar-refractivity contribution is 8.00. The highest BCUT2D eigenvalue weighted by Crippen LogP contribution is 2.45. The summed E-state index contributed by atoms with van der Waals surface area (Å²) in [5.74, 6) is -7.26. The van der Waals surface area contributed by atoms with Crippen molar-refractivity contribution < 1.29 is 53.3 Å². The van der Waals surface area contributed by atoms with Gasteiger partial charge in [0.1, 0.15) is 35.9 Å². The van der Waals surface area contributed by atoms with Crippen LogP contribution in [0.1, 0.15) is 51.8 Å². The molecular formula is C34H39FN7O10S2+. The number of thioether (sulfide) groups is 1. The van der Waals surface area contributed by atoms with Crippen LogP contribution in [0, 0.1) is 5.82 Å². The van der Waals surface area contributed by atoms with E-state index in [1.54, 1.807) is 24.6 Å². The first-order chi connectivity index (χ1) is 25.4. The summed E-state index contributed by atoms with van der Waals surface area (Å²) in [5.41, 5.74) is 3.42. The molecule has 3 aliphatic rings. The number of carbonyl (C=O) groups excluding carboxylic acids is 2. The third kappa shape index (κ3) is 6.72. The maximum atomic E-state index is 15.3. The Balaban J connectivity index is 1.30. The van der Waals surface area contributed by atoms with Crippen molar-refractivity contribution in [2.24, 2.45) is 5.16 Å². The smallest absolute Gasteiger partial charge is 0.352 e. The molecule has 0 unspecified atom stereocenters. The van der Waals surface area contributed by atoms with Gasteiger partial charge in [-0.25, -0.2) is 19.0 Å². The Labute approximate surface area is 315 Å². The van der Waals surface area contributed by atoms with E-state index in [-0.39, 0.29) is 50.6 Å². The number of quaternary nitrogens is 1. The topological polar surface area (TPSA) is 247 Å². The van der Waals surface area contributed by atoms with Crippen LogP contribution in [0.2, 0.25) is 0 Å². The molecule has 54 heavy (non-hydrogen) atoms. The van der Waals surface area contributed by atoms with Gasteiger partial charge >= 0.3 is 11.9 Å². The van der Waals surface area contributed by atoms with Gasteiger partial charge in [0, 0.05) is 47.9 Å². The van der Waals surface area contributed by atoms with E-state index in [1.807, 2.05) is 0 Å². The number of pyridine rings is 1. The molecule has 0 radical (unpaired) electrons. The number of β-lactam (4-membered cyclic amide) rings is 1. The molecule has 2 amide bonds. The van der Waals surface area contributed by atoms with E-state index < -0.39 is 74.5 Å². The number of phenols is 2. The van der Waals surface area contributed by atoms with E-state index in [0.29, 0.717) is 25.2 Å². The molecule has 2 saturated heterocycles. The molecule has 3 aliphatic heterocycles. The summed E-state index contributed by atoms with van der Waals surface area (Å²) < 4.78 is 17.1. The number of rotatable bonds is 12. The summed E-state index contributed by atoms with van der Waals surface area (Å²) in [5, 5.41) is 46.3. The maximum absolute atomic E-state index is 15.3. The van der Waals surface area contributed by atoms with Crippen molar-refractivity contribution in [3.63, 3.8) is 0 Å². The Morgan fingerprint density at radius 3 is 2.46 bits per heavy atom. The normalized spacial score (nSPS) is 21.2. The summed E-state index contributed by atoms with van der Waals surface area (Å²) >= 11 is 2.26. The summed E-state index contributed by atoms with van der Waals surface area (Å²) in [6.45, 7) is 7.77. The van der Waals surface area contributed by atoms with E-state index >= 15 is 4.39 Å². The predicted molar refractivity (Wildman–Crippen MR) is 195 cm³/mol. The Hall–Kier alpha value is -5.21. The molecule has 2 aromatic heterocycles. The van der Waals surface area contributed by atoms with Gasteiger partial charge in [-0.05, 0) is 27.7 Å². The average molecular weight is 789 g/mol. The fourth-order valence-corrected chi connectivity index (χ4v) is 9.06. The number of amides is 2. The van der Waals surface area contributed by atoms with Gasteiger partial charge in [0.15, 0.2) is 28.2 Å². The van der Waals surface area contributed by atoms with Gasteiger partial charge < -0.3 is 45.4 Å². The number of oxime groups is 1. The molecule has 20 heteroatoms. The largest absolute Gasteiger partial charge is 0.504 e. The standard InChI is InChI=1S/C34H38FN7O10S2/c1-5-40-11-16(26(44)21-19(40)10-20(43)27(45)22(21)35)12-42(8-6-7-9-42)13-17-15(2)54-30-24(29(47)41(30)25(17)31(48)49)38-28(46)23(18-14-53-33(36)37-18)39-52-34(3,4)32(50)51/h10-11,14-15,24,30H,5-9,12-13H2,1-4H3,(H6-,36,37,38,39,43,44,45,46,48,49,50,51)/p+1/t15-,24+,30+/m0/s1. The van der Waals surface area contributed by atoms with Crippen molar-refractivity contribution in [3.8, 4) is 11.5 Å². The van der Waals surface area contributed by atoms with Crippen LogP contribution in [-0.2, 0) is 37.1 Å². The quantitative estimate of drug-likeness (QED) is 0.0507. The van der Waals surface area contributed by atoms with Crippen molar-refractivity contribution in [2.45, 2.75) is 75.9 Å². The van der Waals surface area contributed by atoms with Gasteiger partial charge in [0.05, 0.1) is 29.6 Å². The van der Waals surface area contributed by atoms with Gasteiger partial charge in [-0.3, -0.25) is 19.3 Å². The van der Waals surface area contributed by atoms with E-state index in [1.165, 1.54) is 31.0 Å². The number of halogens is 1. The van der Waals surface area contributed by atoms with E-state index in [0.717, 1.165) is 35.1 Å². The monoisotopic (exact) mass is 788 g/mol. The first kappa shape index (κ1) is 38.5. The molecule has 6 rings (SSSR count). The minimum atomic E-state index is -1.82. The number of nitrogens with zero attached hydrogens (tertiary/aromatic N) is 5. The number of likely N-dealkylation sites (tertiary alicyclic amines) is 1. The highest BCUT2D eigenvalue weighted by Gasteiger charge is 2.57. The number of anilines is 1. The molecule has 3 aromatic rings. The van der Waals surface area contributed by atoms with Crippen molar-refractivity contribution >= 4 is 68.6 Å². The average Bonchev–Trinajstić information content (AvgIpc) is 3.76. The van der Waals surface area contributed by atoms with Crippen LogP contribution in [0.4, 0.5) is 9.52 Å². The van der Waals surface area contributed by atoms with Gasteiger partial charge in [0.25, 0.3) is 11.8 Å². The molecule has 0 bridgehead atoms. The van der Waals surface area contributed by atoms with Crippen LogP contribution in [-0.4, -0.2) is 111 Å². The lowest BCUT2D eigenvalue weighted by Gasteiger charge is -2.51. The van der Waals surface area contributed by atoms with Crippen molar-refractivity contribution in [3.05, 3.63) is 56.2 Å². The number of aliphatic carboxylic acids is 2. The zero-order chi connectivity index (χ0) is 39.4. The molecule has 17 nitrogen and oxygen atoms in total. The molecular weight excluding hydrogens is 750 g/mol. The van der Waals surface area contributed by atoms with Crippen LogP contribution in [0.25, 0.3) is 10.9 Å². The number of nitrogens with one attached hydrogen (secondary N) is 1. The van der Waals surface area contributed by atoms with Gasteiger partial charge in [-0.2, -0.15) is 0 Å². The van der Waals surface area contributed by atoms with E-state index in [2.05, 4.69) is 15.5 Å². The third-order valence-electron chi connectivity index (χ3n) is 9.98. The molecule has 288 valence electrons. The number of carboxylic acids is 2. The second-order valence-electron chi connectivity index (χ2n) is 14.0. The summed E-state index contributed by atoms with van der Waals surface area (Å²) in [6, 6.07) is -0.0412. The number of thiazole rings is 1. The molecule has 0 saturated carbocycles. The van der Waals surface area contributed by atoms with Crippen molar-refractivity contribution in [1.29, 1.82) is 0 Å².